The van der Waals surface area contributed by atoms with E-state index in [1.54, 1.807) is 4.90 Å². The van der Waals surface area contributed by atoms with Gasteiger partial charge >= 0.3 is 0 Å². The number of carbonyl (C=O) groups is 2. The van der Waals surface area contributed by atoms with Crippen molar-refractivity contribution in [3.05, 3.63) is 0 Å². The molecule has 0 saturated carbocycles. The quantitative estimate of drug-likeness (QED) is 0.578. The van der Waals surface area contributed by atoms with E-state index in [2.05, 4.69) is 5.32 Å². The average molecular weight is 200 g/mol. The highest BCUT2D eigenvalue weighted by Crippen LogP contribution is 2.09. The van der Waals surface area contributed by atoms with E-state index in [9.17, 15) is 9.59 Å². The second-order valence-electron chi connectivity index (χ2n) is 3.41. The first-order chi connectivity index (χ1) is 6.79. The summed E-state index contributed by atoms with van der Waals surface area (Å²) in [6, 6.07) is -0.773. The van der Waals surface area contributed by atoms with Crippen molar-refractivity contribution in [2.45, 2.75) is 25.3 Å². The van der Waals surface area contributed by atoms with Crippen LogP contribution in [0.15, 0.2) is 0 Å². The van der Waals surface area contributed by atoms with Gasteiger partial charge in [0.25, 0.3) is 0 Å². The van der Waals surface area contributed by atoms with Crippen LogP contribution in [-0.4, -0.2) is 48.1 Å². The van der Waals surface area contributed by atoms with E-state index < -0.39 is 6.04 Å². The Morgan fingerprint density at radius 2 is 2.07 bits per heavy atom. The minimum atomic E-state index is -0.773. The summed E-state index contributed by atoms with van der Waals surface area (Å²) in [5, 5.41) is 11.2. The second-order valence-corrected chi connectivity index (χ2v) is 3.41. The smallest absolute Gasteiger partial charge is 0.247 e. The molecule has 0 bridgehead atoms. The molecule has 0 aromatic rings. The lowest BCUT2D eigenvalue weighted by Gasteiger charge is -2.29. The molecule has 5 nitrogen and oxygen atoms in total. The average Bonchev–Trinajstić information content (AvgIpc) is 2.26. The normalized spacial score (nSPS) is 18.8. The van der Waals surface area contributed by atoms with Crippen molar-refractivity contribution >= 4 is 12.3 Å². The third kappa shape index (κ3) is 2.70. The Morgan fingerprint density at radius 1 is 1.43 bits per heavy atom. The van der Waals surface area contributed by atoms with Gasteiger partial charge in [0.1, 0.15) is 6.04 Å². The molecule has 5 heteroatoms. The highest BCUT2D eigenvalue weighted by molar-refractivity contribution is 5.83. The minimum Gasteiger partial charge on any atom is -0.394 e. The SMILES string of the molecule is O=CNC(CO)C(=O)N1CCCCC1. The fourth-order valence-corrected chi connectivity index (χ4v) is 1.62. The van der Waals surface area contributed by atoms with Crippen LogP contribution in [0.25, 0.3) is 0 Å². The number of aliphatic hydroxyl groups is 1. The van der Waals surface area contributed by atoms with E-state index in [4.69, 9.17) is 5.11 Å². The molecule has 2 amide bonds. The number of likely N-dealkylation sites (tertiary alicyclic amines) is 1. The maximum Gasteiger partial charge on any atom is 0.247 e. The number of hydrogen-bond acceptors (Lipinski definition) is 3. The van der Waals surface area contributed by atoms with Gasteiger partial charge in [-0.2, -0.15) is 0 Å². The van der Waals surface area contributed by atoms with Crippen LogP contribution in [0.4, 0.5) is 0 Å². The van der Waals surface area contributed by atoms with E-state index in [0.29, 0.717) is 6.41 Å². The molecule has 1 aliphatic heterocycles. The molecular weight excluding hydrogens is 184 g/mol. The fraction of sp³-hybridized carbons (Fsp3) is 0.778. The lowest BCUT2D eigenvalue weighted by Crippen LogP contribution is -2.49. The van der Waals surface area contributed by atoms with Crippen molar-refractivity contribution in [2.75, 3.05) is 19.7 Å². The highest BCUT2D eigenvalue weighted by Gasteiger charge is 2.24. The summed E-state index contributed by atoms with van der Waals surface area (Å²) in [5.74, 6) is -0.181. The molecule has 80 valence electrons. The zero-order chi connectivity index (χ0) is 10.4. The Labute approximate surface area is 83.1 Å². The molecule has 1 rings (SSSR count). The van der Waals surface area contributed by atoms with Crippen molar-refractivity contribution in [3.8, 4) is 0 Å². The fourth-order valence-electron chi connectivity index (χ4n) is 1.62. The van der Waals surface area contributed by atoms with Crippen molar-refractivity contribution in [2.24, 2.45) is 0 Å². The molecule has 1 heterocycles. The summed E-state index contributed by atoms with van der Waals surface area (Å²) < 4.78 is 0. The van der Waals surface area contributed by atoms with E-state index in [1.165, 1.54) is 0 Å². The maximum atomic E-state index is 11.7. The van der Waals surface area contributed by atoms with Gasteiger partial charge in [-0.25, -0.2) is 0 Å². The number of nitrogens with zero attached hydrogens (tertiary/aromatic N) is 1. The van der Waals surface area contributed by atoms with Gasteiger partial charge in [-0.1, -0.05) is 0 Å². The molecule has 1 fully saturated rings. The number of hydrogen-bond donors (Lipinski definition) is 2. The summed E-state index contributed by atoms with van der Waals surface area (Å²) in [4.78, 5) is 23.5. The molecule has 1 unspecified atom stereocenters. The van der Waals surface area contributed by atoms with Crippen LogP contribution < -0.4 is 5.32 Å². The molecule has 1 saturated heterocycles. The lowest BCUT2D eigenvalue weighted by molar-refractivity contribution is -0.136. The Bertz CT molecular complexity index is 202. The minimum absolute atomic E-state index is 0.181. The number of rotatable bonds is 4. The first-order valence-corrected chi connectivity index (χ1v) is 4.89. The largest absolute Gasteiger partial charge is 0.394 e. The van der Waals surface area contributed by atoms with Crippen LogP contribution in [0, 0.1) is 0 Å². The number of nitrogens with one attached hydrogen (secondary N) is 1. The van der Waals surface area contributed by atoms with Crippen molar-refractivity contribution in [1.29, 1.82) is 0 Å². The third-order valence-electron chi connectivity index (χ3n) is 2.42. The number of aliphatic hydroxyl groups excluding tert-OH is 1. The summed E-state index contributed by atoms with van der Waals surface area (Å²) in [6.07, 6.45) is 3.60. The number of piperidine rings is 1. The van der Waals surface area contributed by atoms with Crippen molar-refractivity contribution < 1.29 is 14.7 Å². The Hall–Kier alpha value is -1.10. The standard InChI is InChI=1S/C9H16N2O3/c12-6-8(10-7-13)9(14)11-4-2-1-3-5-11/h7-8,12H,1-6H2,(H,10,13). The van der Waals surface area contributed by atoms with E-state index in [1.807, 2.05) is 0 Å². The van der Waals surface area contributed by atoms with Gasteiger partial charge < -0.3 is 15.3 Å². The highest BCUT2D eigenvalue weighted by atomic mass is 16.3. The molecular formula is C9H16N2O3. The van der Waals surface area contributed by atoms with Crippen LogP contribution in [0.3, 0.4) is 0 Å². The van der Waals surface area contributed by atoms with Crippen LogP contribution >= 0.6 is 0 Å². The van der Waals surface area contributed by atoms with Crippen LogP contribution in [-0.2, 0) is 9.59 Å². The Kier molecular flexibility index (Phi) is 4.39. The van der Waals surface area contributed by atoms with E-state index >= 15 is 0 Å². The molecule has 0 aromatic heterocycles. The van der Waals surface area contributed by atoms with Gasteiger partial charge in [0.15, 0.2) is 0 Å². The molecule has 1 atom stereocenters. The molecule has 2 N–H and O–H groups in total. The van der Waals surface area contributed by atoms with Gasteiger partial charge in [0.05, 0.1) is 6.61 Å². The van der Waals surface area contributed by atoms with Gasteiger partial charge in [-0.3, -0.25) is 9.59 Å². The predicted molar refractivity (Wildman–Crippen MR) is 50.5 cm³/mol. The molecule has 0 radical (unpaired) electrons. The first-order valence-electron chi connectivity index (χ1n) is 4.89. The van der Waals surface area contributed by atoms with Crippen LogP contribution in [0.2, 0.25) is 0 Å². The molecule has 14 heavy (non-hydrogen) atoms. The zero-order valence-corrected chi connectivity index (χ0v) is 8.11. The van der Waals surface area contributed by atoms with Crippen molar-refractivity contribution in [3.63, 3.8) is 0 Å². The third-order valence-corrected chi connectivity index (χ3v) is 2.42. The van der Waals surface area contributed by atoms with Gasteiger partial charge in [-0.15, -0.1) is 0 Å². The Morgan fingerprint density at radius 3 is 2.57 bits per heavy atom. The topological polar surface area (TPSA) is 69.6 Å². The molecule has 0 aromatic carbocycles. The van der Waals surface area contributed by atoms with Gasteiger partial charge in [0, 0.05) is 13.1 Å². The van der Waals surface area contributed by atoms with E-state index in [-0.39, 0.29) is 12.5 Å². The van der Waals surface area contributed by atoms with Gasteiger partial charge in [0.2, 0.25) is 12.3 Å². The zero-order valence-electron chi connectivity index (χ0n) is 8.11. The Balaban J connectivity index is 2.47. The summed E-state index contributed by atoms with van der Waals surface area (Å²) >= 11 is 0. The molecule has 1 aliphatic rings. The van der Waals surface area contributed by atoms with Crippen molar-refractivity contribution in [1.82, 2.24) is 10.2 Å². The van der Waals surface area contributed by atoms with Gasteiger partial charge in [-0.05, 0) is 19.3 Å². The summed E-state index contributed by atoms with van der Waals surface area (Å²) in [5.41, 5.74) is 0. The van der Waals surface area contributed by atoms with E-state index in [0.717, 1.165) is 32.4 Å². The predicted octanol–water partition coefficient (Wildman–Crippen LogP) is -0.894. The number of amides is 2. The molecule has 0 aliphatic carbocycles. The second kappa shape index (κ2) is 5.59. The molecule has 0 spiro atoms. The number of carbonyl (C=O) groups excluding carboxylic acids is 2. The van der Waals surface area contributed by atoms with Crippen LogP contribution in [0.5, 0.6) is 0 Å². The lowest BCUT2D eigenvalue weighted by atomic mass is 10.1. The first kappa shape index (κ1) is 11.0. The summed E-state index contributed by atoms with van der Waals surface area (Å²) in [6.45, 7) is 1.12. The monoisotopic (exact) mass is 200 g/mol. The summed E-state index contributed by atoms with van der Waals surface area (Å²) in [7, 11) is 0. The van der Waals surface area contributed by atoms with Crippen LogP contribution in [0.1, 0.15) is 19.3 Å². The maximum absolute atomic E-state index is 11.7.